The second-order valence-corrected chi connectivity index (χ2v) is 8.61. The minimum Gasteiger partial charge on any atom is -0.324 e. The summed E-state index contributed by atoms with van der Waals surface area (Å²) in [6.07, 6.45) is 3.62. The summed E-state index contributed by atoms with van der Waals surface area (Å²) in [7, 11) is 0. The lowest BCUT2D eigenvalue weighted by Crippen LogP contribution is -2.36. The van der Waals surface area contributed by atoms with Crippen molar-refractivity contribution >= 4 is 34.5 Å². The van der Waals surface area contributed by atoms with Crippen LogP contribution in [0.3, 0.4) is 0 Å². The summed E-state index contributed by atoms with van der Waals surface area (Å²) in [5.41, 5.74) is 3.52. The second-order valence-electron chi connectivity index (χ2n) is 8.61. The van der Waals surface area contributed by atoms with Crippen LogP contribution in [0.2, 0.25) is 0 Å². The highest BCUT2D eigenvalue weighted by Gasteiger charge is 2.44. The van der Waals surface area contributed by atoms with Crippen LogP contribution >= 0.6 is 0 Å². The van der Waals surface area contributed by atoms with E-state index >= 15 is 0 Å². The predicted molar refractivity (Wildman–Crippen MR) is 113 cm³/mol. The molecule has 29 heavy (non-hydrogen) atoms. The van der Waals surface area contributed by atoms with Gasteiger partial charge < -0.3 is 9.88 Å². The van der Waals surface area contributed by atoms with Gasteiger partial charge in [0, 0.05) is 12.1 Å². The zero-order valence-corrected chi connectivity index (χ0v) is 16.7. The van der Waals surface area contributed by atoms with Crippen LogP contribution in [-0.2, 0) is 10.2 Å². The number of anilines is 2. The molecule has 2 heterocycles. The van der Waals surface area contributed by atoms with Crippen molar-refractivity contribution in [3.05, 3.63) is 53.6 Å². The van der Waals surface area contributed by atoms with Gasteiger partial charge in [0.15, 0.2) is 0 Å². The van der Waals surface area contributed by atoms with Gasteiger partial charge in [0.2, 0.25) is 11.9 Å². The van der Waals surface area contributed by atoms with Gasteiger partial charge in [0.25, 0.3) is 5.91 Å². The molecule has 1 aliphatic heterocycles. The van der Waals surface area contributed by atoms with Crippen molar-refractivity contribution < 1.29 is 9.59 Å². The molecule has 148 valence electrons. The van der Waals surface area contributed by atoms with Gasteiger partial charge in [-0.3, -0.25) is 14.9 Å². The van der Waals surface area contributed by atoms with Gasteiger partial charge in [-0.15, -0.1) is 0 Å². The molecule has 0 unspecified atom stereocenters. The number of aromatic amines is 1. The lowest BCUT2D eigenvalue weighted by atomic mass is 9.86. The maximum Gasteiger partial charge on any atom is 0.257 e. The maximum atomic E-state index is 13.0. The zero-order chi connectivity index (χ0) is 20.2. The molecule has 0 saturated heterocycles. The summed E-state index contributed by atoms with van der Waals surface area (Å²) in [4.78, 5) is 35.1. The van der Waals surface area contributed by atoms with Crippen molar-refractivity contribution in [1.29, 1.82) is 0 Å². The van der Waals surface area contributed by atoms with E-state index in [1.165, 1.54) is 12.8 Å². The number of rotatable bonds is 5. The van der Waals surface area contributed by atoms with E-state index in [4.69, 9.17) is 0 Å². The molecule has 3 aromatic rings. The smallest absolute Gasteiger partial charge is 0.257 e. The minimum atomic E-state index is -0.570. The van der Waals surface area contributed by atoms with Crippen LogP contribution in [0.25, 0.3) is 11.0 Å². The minimum absolute atomic E-state index is 0.151. The average Bonchev–Trinajstić information content (AvgIpc) is 3.42. The van der Waals surface area contributed by atoms with Crippen molar-refractivity contribution in [3.63, 3.8) is 0 Å². The van der Waals surface area contributed by atoms with Crippen LogP contribution in [0.1, 0.15) is 49.0 Å². The summed E-state index contributed by atoms with van der Waals surface area (Å²) in [6.45, 7) is 4.71. The highest BCUT2D eigenvalue weighted by molar-refractivity contribution is 6.10. The Labute approximate surface area is 169 Å². The number of carbonyl (C=O) groups is 2. The van der Waals surface area contributed by atoms with E-state index in [-0.39, 0.29) is 11.8 Å². The van der Waals surface area contributed by atoms with E-state index in [1.807, 2.05) is 49.1 Å². The van der Waals surface area contributed by atoms with Gasteiger partial charge in [0.1, 0.15) is 0 Å². The Bertz CT molecular complexity index is 1110. The first-order valence-electron chi connectivity index (χ1n) is 10.2. The van der Waals surface area contributed by atoms with Gasteiger partial charge in [-0.25, -0.2) is 4.98 Å². The lowest BCUT2D eigenvalue weighted by molar-refractivity contribution is -0.122. The quantitative estimate of drug-likeness (QED) is 0.686. The molecule has 2 N–H and O–H groups in total. The van der Waals surface area contributed by atoms with Gasteiger partial charge >= 0.3 is 0 Å². The Morgan fingerprint density at radius 3 is 2.72 bits per heavy atom. The summed E-state index contributed by atoms with van der Waals surface area (Å²) >= 11 is 0. The molecule has 2 amide bonds. The van der Waals surface area contributed by atoms with Gasteiger partial charge in [-0.1, -0.05) is 31.0 Å². The number of hydrogen-bond acceptors (Lipinski definition) is 3. The highest BCUT2D eigenvalue weighted by Crippen LogP contribution is 2.44. The largest absolute Gasteiger partial charge is 0.324 e. The molecular formula is C23H24N4O2. The van der Waals surface area contributed by atoms with Gasteiger partial charge in [-0.05, 0) is 56.0 Å². The summed E-state index contributed by atoms with van der Waals surface area (Å²) < 4.78 is 0. The molecule has 0 atom stereocenters. The standard InChI is InChI=1S/C23H24N4O2/c1-23(2)16-12-17-18(13-19(16)27(21(23)29)11-10-14-8-9-14)25-22(24-17)26-20(28)15-6-4-3-5-7-15/h3-7,12-14H,8-11H2,1-2H3,(H2,24,25,26,28). The van der Waals surface area contributed by atoms with Gasteiger partial charge in [-0.2, -0.15) is 0 Å². The Balaban J connectivity index is 1.47. The maximum absolute atomic E-state index is 13.0. The summed E-state index contributed by atoms with van der Waals surface area (Å²) in [5, 5.41) is 2.83. The van der Waals surface area contributed by atoms with Crippen LogP contribution in [0.5, 0.6) is 0 Å². The van der Waals surface area contributed by atoms with Crippen LogP contribution < -0.4 is 10.2 Å². The normalized spacial score (nSPS) is 17.6. The predicted octanol–water partition coefficient (Wildman–Crippen LogP) is 4.24. The first kappa shape index (κ1) is 17.9. The number of H-pyrrole nitrogens is 1. The lowest BCUT2D eigenvalue weighted by Gasteiger charge is -2.20. The average molecular weight is 388 g/mol. The molecule has 0 bridgehead atoms. The number of fused-ring (bicyclic) bond motifs is 2. The molecular weight excluding hydrogens is 364 g/mol. The van der Waals surface area contributed by atoms with E-state index in [0.717, 1.165) is 41.2 Å². The van der Waals surface area contributed by atoms with E-state index in [1.54, 1.807) is 12.1 Å². The van der Waals surface area contributed by atoms with E-state index < -0.39 is 5.41 Å². The molecule has 0 radical (unpaired) electrons. The number of nitrogens with one attached hydrogen (secondary N) is 2. The molecule has 5 rings (SSSR count). The first-order valence-corrected chi connectivity index (χ1v) is 10.2. The van der Waals surface area contributed by atoms with Crippen LogP contribution in [0.15, 0.2) is 42.5 Å². The Hall–Kier alpha value is -3.15. The van der Waals surface area contributed by atoms with Crippen LogP contribution in [-0.4, -0.2) is 28.3 Å². The topological polar surface area (TPSA) is 78.1 Å². The highest BCUT2D eigenvalue weighted by atomic mass is 16.2. The molecule has 2 aromatic carbocycles. The van der Waals surface area contributed by atoms with Crippen molar-refractivity contribution in [1.82, 2.24) is 9.97 Å². The molecule has 6 nitrogen and oxygen atoms in total. The molecule has 1 aliphatic carbocycles. The van der Waals surface area contributed by atoms with Crippen LogP contribution in [0.4, 0.5) is 11.6 Å². The fourth-order valence-electron chi connectivity index (χ4n) is 4.10. The van der Waals surface area contributed by atoms with E-state index in [2.05, 4.69) is 15.3 Å². The van der Waals surface area contributed by atoms with Crippen molar-refractivity contribution in [3.8, 4) is 0 Å². The molecule has 0 spiro atoms. The molecule has 6 heteroatoms. The van der Waals surface area contributed by atoms with Crippen molar-refractivity contribution in [2.45, 2.75) is 38.5 Å². The third kappa shape index (κ3) is 3.09. The van der Waals surface area contributed by atoms with Crippen molar-refractivity contribution in [2.24, 2.45) is 5.92 Å². The molecule has 1 aromatic heterocycles. The third-order valence-electron chi connectivity index (χ3n) is 6.07. The Morgan fingerprint density at radius 1 is 1.24 bits per heavy atom. The first-order chi connectivity index (χ1) is 13.9. The van der Waals surface area contributed by atoms with Crippen molar-refractivity contribution in [2.75, 3.05) is 16.8 Å². The number of amides is 2. The van der Waals surface area contributed by atoms with Crippen LogP contribution in [0, 0.1) is 5.92 Å². The number of nitrogens with zero attached hydrogens (tertiary/aromatic N) is 2. The number of hydrogen-bond donors (Lipinski definition) is 2. The SMILES string of the molecule is CC1(C)C(=O)N(CCC2CC2)c2cc3[nH]c(NC(=O)c4ccccc4)nc3cc21. The third-order valence-corrected chi connectivity index (χ3v) is 6.07. The van der Waals surface area contributed by atoms with E-state index in [9.17, 15) is 9.59 Å². The number of benzene rings is 2. The fourth-order valence-corrected chi connectivity index (χ4v) is 4.10. The monoisotopic (exact) mass is 388 g/mol. The molecule has 2 aliphatic rings. The van der Waals surface area contributed by atoms with E-state index in [0.29, 0.717) is 11.5 Å². The Kier molecular flexibility index (Phi) is 3.98. The Morgan fingerprint density at radius 2 is 2.00 bits per heavy atom. The number of aromatic nitrogens is 2. The zero-order valence-electron chi connectivity index (χ0n) is 16.7. The summed E-state index contributed by atoms with van der Waals surface area (Å²) in [6, 6.07) is 13.0. The number of carbonyl (C=O) groups excluding carboxylic acids is 2. The number of imidazole rings is 1. The molecule has 1 saturated carbocycles. The fraction of sp³-hybridized carbons (Fsp3) is 0.348. The summed E-state index contributed by atoms with van der Waals surface area (Å²) in [5.74, 6) is 1.12. The van der Waals surface area contributed by atoms with Gasteiger partial charge in [0.05, 0.1) is 22.1 Å². The molecule has 1 fully saturated rings. The second kappa shape index (κ2) is 6.44.